The van der Waals surface area contributed by atoms with Crippen molar-refractivity contribution in [2.45, 2.75) is 6.54 Å². The molecule has 0 aliphatic heterocycles. The summed E-state index contributed by atoms with van der Waals surface area (Å²) in [6.07, 6.45) is 0. The van der Waals surface area contributed by atoms with Gasteiger partial charge in [0.25, 0.3) is 11.8 Å². The summed E-state index contributed by atoms with van der Waals surface area (Å²) < 4.78 is 0. The molecular formula is C22H25N5O2S. The largest absolute Gasteiger partial charge is 0.351 e. The quantitative estimate of drug-likeness (QED) is 0.492. The van der Waals surface area contributed by atoms with Crippen molar-refractivity contribution < 1.29 is 9.59 Å². The number of para-hydroxylation sites is 1. The lowest BCUT2D eigenvalue weighted by Crippen LogP contribution is -2.31. The maximum Gasteiger partial charge on any atom is 0.273 e. The number of hydrogen-bond acceptors (Lipinski definition) is 6. The molecule has 0 saturated heterocycles. The zero-order chi connectivity index (χ0) is 21.3. The summed E-state index contributed by atoms with van der Waals surface area (Å²) >= 11 is 1.38. The van der Waals surface area contributed by atoms with Crippen molar-refractivity contribution in [3.8, 4) is 0 Å². The van der Waals surface area contributed by atoms with Gasteiger partial charge in [-0.1, -0.05) is 30.3 Å². The first-order valence-electron chi connectivity index (χ1n) is 9.58. The zero-order valence-electron chi connectivity index (χ0n) is 17.0. The fourth-order valence-electron chi connectivity index (χ4n) is 2.68. The van der Waals surface area contributed by atoms with Gasteiger partial charge in [-0.2, -0.15) is 0 Å². The van der Waals surface area contributed by atoms with Crippen LogP contribution >= 0.6 is 11.3 Å². The van der Waals surface area contributed by atoms with Crippen LogP contribution in [0.1, 0.15) is 26.4 Å². The average molecular weight is 424 g/mol. The lowest BCUT2D eigenvalue weighted by molar-refractivity contribution is 0.0940. The highest BCUT2D eigenvalue weighted by atomic mass is 32.1. The first-order valence-corrected chi connectivity index (χ1v) is 10.5. The third-order valence-electron chi connectivity index (χ3n) is 4.33. The van der Waals surface area contributed by atoms with E-state index in [1.165, 1.54) is 11.3 Å². The van der Waals surface area contributed by atoms with E-state index in [1.54, 1.807) is 17.6 Å². The van der Waals surface area contributed by atoms with Gasteiger partial charge in [0.15, 0.2) is 5.69 Å². The summed E-state index contributed by atoms with van der Waals surface area (Å²) in [6.45, 7) is 1.73. The topological polar surface area (TPSA) is 86.4 Å². The molecule has 7 nitrogen and oxygen atoms in total. The number of hydrogen-bond donors (Lipinski definition) is 3. The number of likely N-dealkylation sites (N-methyl/N-ethyl adjacent to an activating group) is 1. The Hall–Kier alpha value is -3.23. The van der Waals surface area contributed by atoms with E-state index in [-0.39, 0.29) is 11.8 Å². The number of anilines is 2. The highest BCUT2D eigenvalue weighted by Crippen LogP contribution is 2.24. The summed E-state index contributed by atoms with van der Waals surface area (Å²) in [4.78, 5) is 30.9. The standard InChI is InChI=1S/C22H25N5O2S/c1-27(2)13-12-23-20(28)17-10-8-16(9-11-17)14-24-21(29)19-22(30-15-25-19)26-18-6-4-3-5-7-18/h3-11,15,26H,12-14H2,1-2H3,(H,23,28)(H,24,29). The zero-order valence-corrected chi connectivity index (χ0v) is 17.8. The maximum absolute atomic E-state index is 12.6. The van der Waals surface area contributed by atoms with Gasteiger partial charge >= 0.3 is 0 Å². The first-order chi connectivity index (χ1) is 14.5. The highest BCUT2D eigenvalue weighted by Gasteiger charge is 2.15. The molecule has 1 heterocycles. The molecule has 156 valence electrons. The van der Waals surface area contributed by atoms with Crippen molar-refractivity contribution in [2.24, 2.45) is 0 Å². The van der Waals surface area contributed by atoms with Gasteiger partial charge in [-0.15, -0.1) is 11.3 Å². The third kappa shape index (κ3) is 6.13. The van der Waals surface area contributed by atoms with E-state index in [0.29, 0.717) is 29.3 Å². The van der Waals surface area contributed by atoms with Gasteiger partial charge < -0.3 is 20.9 Å². The summed E-state index contributed by atoms with van der Waals surface area (Å²) in [5.74, 6) is -0.355. The molecule has 2 aromatic carbocycles. The molecule has 0 unspecified atom stereocenters. The second-order valence-electron chi connectivity index (χ2n) is 6.96. The first kappa shape index (κ1) is 21.5. The van der Waals surface area contributed by atoms with Crippen LogP contribution in [-0.2, 0) is 6.54 Å². The molecule has 0 atom stereocenters. The number of rotatable bonds is 9. The Morgan fingerprint density at radius 2 is 1.70 bits per heavy atom. The molecule has 0 aliphatic carbocycles. The minimum atomic E-state index is -0.250. The van der Waals surface area contributed by atoms with Crippen molar-refractivity contribution >= 4 is 33.8 Å². The van der Waals surface area contributed by atoms with Crippen LogP contribution in [0.5, 0.6) is 0 Å². The number of nitrogens with zero attached hydrogens (tertiary/aromatic N) is 2. The third-order valence-corrected chi connectivity index (χ3v) is 5.07. The molecule has 0 saturated carbocycles. The van der Waals surface area contributed by atoms with Crippen LogP contribution in [0.2, 0.25) is 0 Å². The summed E-state index contributed by atoms with van der Waals surface area (Å²) in [7, 11) is 3.92. The van der Waals surface area contributed by atoms with Crippen molar-refractivity contribution in [3.63, 3.8) is 0 Å². The van der Waals surface area contributed by atoms with Crippen LogP contribution in [0.15, 0.2) is 60.1 Å². The molecule has 0 aliphatic rings. The molecule has 3 rings (SSSR count). The Morgan fingerprint density at radius 1 is 0.967 bits per heavy atom. The Labute approximate surface area is 180 Å². The molecule has 0 radical (unpaired) electrons. The minimum absolute atomic E-state index is 0.105. The van der Waals surface area contributed by atoms with Crippen LogP contribution in [0.4, 0.5) is 10.7 Å². The van der Waals surface area contributed by atoms with E-state index >= 15 is 0 Å². The normalized spacial score (nSPS) is 10.6. The molecule has 8 heteroatoms. The predicted octanol–water partition coefficient (Wildman–Crippen LogP) is 3.11. The molecule has 0 bridgehead atoms. The van der Waals surface area contributed by atoms with Crippen molar-refractivity contribution in [3.05, 3.63) is 76.9 Å². The molecule has 0 spiro atoms. The van der Waals surface area contributed by atoms with Crippen LogP contribution < -0.4 is 16.0 Å². The van der Waals surface area contributed by atoms with E-state index in [2.05, 4.69) is 20.9 Å². The molecule has 3 aromatic rings. The number of amides is 2. The highest BCUT2D eigenvalue weighted by molar-refractivity contribution is 7.14. The summed E-state index contributed by atoms with van der Waals surface area (Å²) in [5.41, 5.74) is 4.40. The number of aromatic nitrogens is 1. The fraction of sp³-hybridized carbons (Fsp3) is 0.227. The molecule has 2 amide bonds. The van der Waals surface area contributed by atoms with Crippen LogP contribution in [0.25, 0.3) is 0 Å². The maximum atomic E-state index is 12.6. The second kappa shape index (κ2) is 10.5. The average Bonchev–Trinajstić information content (AvgIpc) is 3.21. The van der Waals surface area contributed by atoms with Crippen molar-refractivity contribution in [2.75, 3.05) is 32.5 Å². The number of carbonyl (C=O) groups is 2. The lowest BCUT2D eigenvalue weighted by atomic mass is 10.1. The van der Waals surface area contributed by atoms with E-state index in [9.17, 15) is 9.59 Å². The number of benzene rings is 2. The number of nitrogens with one attached hydrogen (secondary N) is 3. The molecular weight excluding hydrogens is 398 g/mol. The Balaban J connectivity index is 1.53. The van der Waals surface area contributed by atoms with Crippen molar-refractivity contribution in [1.29, 1.82) is 0 Å². The Bertz CT molecular complexity index is 971. The van der Waals surface area contributed by atoms with Gasteiger partial charge in [-0.25, -0.2) is 4.98 Å². The van der Waals surface area contributed by atoms with Crippen molar-refractivity contribution in [1.82, 2.24) is 20.5 Å². The van der Waals surface area contributed by atoms with Crippen LogP contribution in [-0.4, -0.2) is 48.9 Å². The molecule has 30 heavy (non-hydrogen) atoms. The van der Waals surface area contributed by atoms with E-state index < -0.39 is 0 Å². The monoisotopic (exact) mass is 423 g/mol. The second-order valence-corrected chi connectivity index (χ2v) is 7.81. The summed E-state index contributed by atoms with van der Waals surface area (Å²) in [5, 5.41) is 9.68. The Kier molecular flexibility index (Phi) is 7.53. The SMILES string of the molecule is CN(C)CCNC(=O)c1ccc(CNC(=O)c2ncsc2Nc2ccccc2)cc1. The molecule has 3 N–H and O–H groups in total. The summed E-state index contributed by atoms with van der Waals surface area (Å²) in [6, 6.07) is 16.8. The predicted molar refractivity (Wildman–Crippen MR) is 120 cm³/mol. The molecule has 0 fully saturated rings. The minimum Gasteiger partial charge on any atom is -0.351 e. The van der Waals surface area contributed by atoms with Gasteiger partial charge in [0.2, 0.25) is 0 Å². The van der Waals surface area contributed by atoms with Crippen LogP contribution in [0.3, 0.4) is 0 Å². The number of thiazole rings is 1. The fourth-order valence-corrected chi connectivity index (χ4v) is 3.38. The van der Waals surface area contributed by atoms with Gasteiger partial charge in [0, 0.05) is 30.9 Å². The Morgan fingerprint density at radius 3 is 2.40 bits per heavy atom. The van der Waals surface area contributed by atoms with Gasteiger partial charge in [-0.3, -0.25) is 9.59 Å². The van der Waals surface area contributed by atoms with Gasteiger partial charge in [0.1, 0.15) is 5.00 Å². The van der Waals surface area contributed by atoms with E-state index in [0.717, 1.165) is 17.8 Å². The van der Waals surface area contributed by atoms with E-state index in [4.69, 9.17) is 0 Å². The lowest BCUT2D eigenvalue weighted by Gasteiger charge is -2.11. The smallest absolute Gasteiger partial charge is 0.273 e. The number of carbonyl (C=O) groups excluding carboxylic acids is 2. The van der Waals surface area contributed by atoms with Gasteiger partial charge in [0.05, 0.1) is 5.51 Å². The molecule has 1 aromatic heterocycles. The van der Waals surface area contributed by atoms with E-state index in [1.807, 2.05) is 61.5 Å². The van der Waals surface area contributed by atoms with Crippen LogP contribution in [0, 0.1) is 0 Å². The van der Waals surface area contributed by atoms with Gasteiger partial charge in [-0.05, 0) is 43.9 Å².